The molecule has 1 saturated heterocycles. The van der Waals surface area contributed by atoms with E-state index in [1.807, 2.05) is 0 Å². The summed E-state index contributed by atoms with van der Waals surface area (Å²) < 4.78 is 0. The van der Waals surface area contributed by atoms with Gasteiger partial charge in [0.2, 0.25) is 5.91 Å². The molecule has 3 rings (SSSR count). The number of fused-ring (bicyclic) bond motifs is 1. The van der Waals surface area contributed by atoms with E-state index in [4.69, 9.17) is 10.9 Å². The molecule has 1 aliphatic heterocycles. The van der Waals surface area contributed by atoms with Crippen molar-refractivity contribution in [2.24, 2.45) is 22.2 Å². The number of nitrogens with zero attached hydrogens (tertiary/aromatic N) is 2. The van der Waals surface area contributed by atoms with E-state index in [2.05, 4.69) is 10.1 Å². The Bertz CT molecular complexity index is 401. The van der Waals surface area contributed by atoms with Gasteiger partial charge in [-0.2, -0.15) is 0 Å². The molecule has 0 radical (unpaired) electrons. The molecule has 0 aromatic carbocycles. The van der Waals surface area contributed by atoms with Gasteiger partial charge in [-0.3, -0.25) is 4.79 Å². The molecule has 3 aliphatic rings. The SMILES string of the molecule is NC(=NO)C1(C(=O)N2CCCC3CCCCC32)CC1. The van der Waals surface area contributed by atoms with Crippen LogP contribution in [0.15, 0.2) is 5.16 Å². The van der Waals surface area contributed by atoms with Crippen LogP contribution < -0.4 is 5.73 Å². The van der Waals surface area contributed by atoms with E-state index in [0.29, 0.717) is 12.0 Å². The van der Waals surface area contributed by atoms with Crippen LogP contribution in [-0.4, -0.2) is 34.4 Å². The average molecular weight is 265 g/mol. The van der Waals surface area contributed by atoms with Crippen molar-refractivity contribution in [3.05, 3.63) is 0 Å². The highest BCUT2D eigenvalue weighted by atomic mass is 16.4. The minimum absolute atomic E-state index is 0.107. The van der Waals surface area contributed by atoms with Gasteiger partial charge in [-0.15, -0.1) is 0 Å². The second-order valence-corrected chi connectivity index (χ2v) is 6.32. The Kier molecular flexibility index (Phi) is 3.15. The monoisotopic (exact) mass is 265 g/mol. The molecule has 3 fully saturated rings. The van der Waals surface area contributed by atoms with Crippen LogP contribution in [0.2, 0.25) is 0 Å². The fraction of sp³-hybridized carbons (Fsp3) is 0.857. The quantitative estimate of drug-likeness (QED) is 0.345. The predicted octanol–water partition coefficient (Wildman–Crippen LogP) is 1.69. The number of oxime groups is 1. The van der Waals surface area contributed by atoms with E-state index < -0.39 is 5.41 Å². The van der Waals surface area contributed by atoms with Crippen molar-refractivity contribution < 1.29 is 10.0 Å². The molecule has 0 spiro atoms. The third-order valence-corrected chi connectivity index (χ3v) is 5.26. The number of hydrogen-bond donors (Lipinski definition) is 2. The Hall–Kier alpha value is -1.26. The number of hydrogen-bond acceptors (Lipinski definition) is 3. The zero-order valence-electron chi connectivity index (χ0n) is 11.3. The van der Waals surface area contributed by atoms with Gasteiger partial charge >= 0.3 is 0 Å². The molecule has 5 nitrogen and oxygen atoms in total. The average Bonchev–Trinajstić information content (AvgIpc) is 3.26. The topological polar surface area (TPSA) is 78.9 Å². The standard InChI is InChI=1S/C14H23N3O2/c15-12(16-19)14(7-8-14)13(18)17-9-3-5-10-4-1-2-6-11(10)17/h10-11,19H,1-9H2,(H2,15,16). The molecule has 0 bridgehead atoms. The molecule has 2 saturated carbocycles. The first kappa shape index (κ1) is 12.8. The molecular weight excluding hydrogens is 242 g/mol. The number of nitrogens with two attached hydrogens (primary N) is 1. The summed E-state index contributed by atoms with van der Waals surface area (Å²) in [5.41, 5.74) is 5.07. The van der Waals surface area contributed by atoms with E-state index >= 15 is 0 Å². The minimum Gasteiger partial charge on any atom is -0.409 e. The van der Waals surface area contributed by atoms with Crippen LogP contribution in [0.1, 0.15) is 51.4 Å². The van der Waals surface area contributed by atoms with E-state index in [-0.39, 0.29) is 11.7 Å². The first-order chi connectivity index (χ1) is 9.19. The second kappa shape index (κ2) is 4.69. The molecule has 0 aromatic heterocycles. The number of likely N-dealkylation sites (tertiary alicyclic amines) is 1. The van der Waals surface area contributed by atoms with Gasteiger partial charge in [-0.1, -0.05) is 18.0 Å². The molecule has 5 heteroatoms. The number of amides is 1. The summed E-state index contributed by atoms with van der Waals surface area (Å²) >= 11 is 0. The maximum absolute atomic E-state index is 12.8. The van der Waals surface area contributed by atoms with Crippen LogP contribution in [0.3, 0.4) is 0 Å². The second-order valence-electron chi connectivity index (χ2n) is 6.32. The van der Waals surface area contributed by atoms with Crippen LogP contribution in [0.4, 0.5) is 0 Å². The highest BCUT2D eigenvalue weighted by molar-refractivity contribution is 6.09. The number of carbonyl (C=O) groups is 1. The van der Waals surface area contributed by atoms with Crippen LogP contribution in [0.25, 0.3) is 0 Å². The smallest absolute Gasteiger partial charge is 0.236 e. The summed E-state index contributed by atoms with van der Waals surface area (Å²) in [5.74, 6) is 0.893. The largest absolute Gasteiger partial charge is 0.409 e. The normalized spacial score (nSPS) is 33.7. The van der Waals surface area contributed by atoms with Gasteiger partial charge in [0.25, 0.3) is 0 Å². The summed E-state index contributed by atoms with van der Waals surface area (Å²) in [6.45, 7) is 0.848. The van der Waals surface area contributed by atoms with Gasteiger partial charge in [-0.05, 0) is 44.4 Å². The van der Waals surface area contributed by atoms with Gasteiger partial charge in [0, 0.05) is 12.6 Å². The Labute approximate surface area is 113 Å². The van der Waals surface area contributed by atoms with Gasteiger partial charge in [0.05, 0.1) is 0 Å². The maximum atomic E-state index is 12.8. The summed E-state index contributed by atoms with van der Waals surface area (Å²) in [6.07, 6.45) is 8.72. The Morgan fingerprint density at radius 1 is 1.21 bits per heavy atom. The molecule has 3 N–H and O–H groups in total. The summed E-state index contributed by atoms with van der Waals surface area (Å²) in [4.78, 5) is 14.8. The van der Waals surface area contributed by atoms with Gasteiger partial charge < -0.3 is 15.8 Å². The Morgan fingerprint density at radius 2 is 1.89 bits per heavy atom. The highest BCUT2D eigenvalue weighted by Crippen LogP contribution is 2.49. The van der Waals surface area contributed by atoms with E-state index in [0.717, 1.165) is 32.2 Å². The maximum Gasteiger partial charge on any atom is 0.236 e. The fourth-order valence-electron chi connectivity index (χ4n) is 3.95. The van der Waals surface area contributed by atoms with Crippen molar-refractivity contribution in [2.75, 3.05) is 6.54 Å². The molecule has 1 heterocycles. The third kappa shape index (κ3) is 1.99. The number of carbonyl (C=O) groups excluding carboxylic acids is 1. The lowest BCUT2D eigenvalue weighted by Crippen LogP contribution is -2.54. The summed E-state index contributed by atoms with van der Waals surface area (Å²) in [5, 5.41) is 12.0. The first-order valence-corrected chi connectivity index (χ1v) is 7.48. The van der Waals surface area contributed by atoms with Crippen LogP contribution in [-0.2, 0) is 4.79 Å². The van der Waals surface area contributed by atoms with E-state index in [9.17, 15) is 4.79 Å². The molecular formula is C14H23N3O2. The molecule has 2 atom stereocenters. The third-order valence-electron chi connectivity index (χ3n) is 5.26. The number of amidine groups is 1. The van der Waals surface area contributed by atoms with E-state index in [1.54, 1.807) is 0 Å². The van der Waals surface area contributed by atoms with E-state index in [1.165, 1.54) is 25.7 Å². The zero-order valence-corrected chi connectivity index (χ0v) is 11.3. The number of piperidine rings is 1. The van der Waals surface area contributed by atoms with Gasteiger partial charge in [-0.25, -0.2) is 0 Å². The lowest BCUT2D eigenvalue weighted by Gasteiger charge is -2.45. The summed E-state index contributed by atoms with van der Waals surface area (Å²) in [7, 11) is 0. The fourth-order valence-corrected chi connectivity index (χ4v) is 3.95. The van der Waals surface area contributed by atoms with Gasteiger partial charge in [0.1, 0.15) is 5.41 Å². The van der Waals surface area contributed by atoms with Crippen LogP contribution in [0, 0.1) is 11.3 Å². The molecule has 2 unspecified atom stereocenters. The summed E-state index contributed by atoms with van der Waals surface area (Å²) in [6, 6.07) is 0.402. The molecule has 106 valence electrons. The number of rotatable bonds is 2. The van der Waals surface area contributed by atoms with Crippen LogP contribution >= 0.6 is 0 Å². The van der Waals surface area contributed by atoms with Crippen LogP contribution in [0.5, 0.6) is 0 Å². The minimum atomic E-state index is -0.673. The highest BCUT2D eigenvalue weighted by Gasteiger charge is 2.57. The lowest BCUT2D eigenvalue weighted by molar-refractivity contribution is -0.141. The van der Waals surface area contributed by atoms with Crippen molar-refractivity contribution in [2.45, 2.75) is 57.4 Å². The van der Waals surface area contributed by atoms with Gasteiger partial charge in [0.15, 0.2) is 5.84 Å². The first-order valence-electron chi connectivity index (χ1n) is 7.48. The predicted molar refractivity (Wildman–Crippen MR) is 71.8 cm³/mol. The molecule has 0 aromatic rings. The Balaban J connectivity index is 1.79. The molecule has 1 amide bonds. The van der Waals surface area contributed by atoms with Crippen molar-refractivity contribution in [3.63, 3.8) is 0 Å². The molecule has 19 heavy (non-hydrogen) atoms. The molecule has 2 aliphatic carbocycles. The lowest BCUT2D eigenvalue weighted by atomic mass is 9.77. The van der Waals surface area contributed by atoms with Crippen molar-refractivity contribution >= 4 is 11.7 Å². The Morgan fingerprint density at radius 3 is 2.58 bits per heavy atom. The van der Waals surface area contributed by atoms with Crippen molar-refractivity contribution in [3.8, 4) is 0 Å². The zero-order chi connectivity index (χ0) is 13.5. The van der Waals surface area contributed by atoms with Crippen molar-refractivity contribution in [1.82, 2.24) is 4.90 Å². The van der Waals surface area contributed by atoms with Crippen molar-refractivity contribution in [1.29, 1.82) is 0 Å².